The van der Waals surface area contributed by atoms with Crippen molar-refractivity contribution in [2.24, 2.45) is 4.99 Å². The number of amides is 1. The highest BCUT2D eigenvalue weighted by Crippen LogP contribution is 2.39. The van der Waals surface area contributed by atoms with Crippen LogP contribution in [-0.2, 0) is 16.0 Å². The molecule has 0 atom stereocenters. The summed E-state index contributed by atoms with van der Waals surface area (Å²) in [5.74, 6) is -1.41. The number of aryl methyl sites for hydroxylation is 2. The number of carbonyl (C=O) groups is 2. The lowest BCUT2D eigenvalue weighted by molar-refractivity contribution is -0.138. The largest absolute Gasteiger partial charge is 0.506 e. The molecule has 0 saturated carbocycles. The summed E-state index contributed by atoms with van der Waals surface area (Å²) in [5.41, 5.74) is 3.22. The first-order valence-electron chi connectivity index (χ1n) is 9.72. The summed E-state index contributed by atoms with van der Waals surface area (Å²) in [6, 6.07) is 15.0. The van der Waals surface area contributed by atoms with Crippen LogP contribution in [0, 0.1) is 6.92 Å². The molecule has 1 heterocycles. The van der Waals surface area contributed by atoms with Crippen LogP contribution in [0.15, 0.2) is 69.8 Å². The molecule has 0 spiro atoms. The number of hydrogen-bond acceptors (Lipinski definition) is 5. The van der Waals surface area contributed by atoms with Crippen molar-refractivity contribution in [3.63, 3.8) is 0 Å². The number of hydrogen-bond donors (Lipinski definition) is 1. The molecule has 154 valence electrons. The summed E-state index contributed by atoms with van der Waals surface area (Å²) < 4.78 is 5.08. The summed E-state index contributed by atoms with van der Waals surface area (Å²) in [4.78, 5) is 29.8. The average Bonchev–Trinajstić information content (AvgIpc) is 3.03. The third kappa shape index (κ3) is 4.71. The van der Waals surface area contributed by atoms with Crippen LogP contribution in [-0.4, -0.2) is 28.6 Å². The Morgan fingerprint density at radius 2 is 1.80 bits per heavy atom. The summed E-state index contributed by atoms with van der Waals surface area (Å²) >= 11 is 1.08. The predicted molar refractivity (Wildman–Crippen MR) is 121 cm³/mol. The second-order valence-corrected chi connectivity index (χ2v) is 7.72. The van der Waals surface area contributed by atoms with E-state index in [-0.39, 0.29) is 23.0 Å². The minimum Gasteiger partial charge on any atom is -0.506 e. The number of benzene rings is 2. The molecule has 1 amide bonds. The maximum atomic E-state index is 12.7. The van der Waals surface area contributed by atoms with Gasteiger partial charge in [0.1, 0.15) is 16.4 Å². The zero-order valence-electron chi connectivity index (χ0n) is 17.1. The Balaban J connectivity index is 2.00. The molecule has 0 saturated heterocycles. The van der Waals surface area contributed by atoms with E-state index in [1.54, 1.807) is 25.1 Å². The van der Waals surface area contributed by atoms with Gasteiger partial charge in [-0.1, -0.05) is 61.2 Å². The van der Waals surface area contributed by atoms with Crippen molar-refractivity contribution in [2.45, 2.75) is 27.2 Å². The van der Waals surface area contributed by atoms with Crippen LogP contribution < -0.4 is 0 Å². The van der Waals surface area contributed by atoms with E-state index in [4.69, 9.17) is 4.74 Å². The van der Waals surface area contributed by atoms with Crippen LogP contribution >= 0.6 is 11.8 Å². The molecule has 2 aromatic carbocycles. The third-order valence-electron chi connectivity index (χ3n) is 4.63. The van der Waals surface area contributed by atoms with Crippen LogP contribution in [0.4, 0.5) is 0 Å². The average molecular weight is 422 g/mol. The second-order valence-electron chi connectivity index (χ2n) is 6.69. The highest BCUT2D eigenvalue weighted by atomic mass is 32.2. The lowest BCUT2D eigenvalue weighted by atomic mass is 10.1. The minimum atomic E-state index is -0.705. The van der Waals surface area contributed by atoms with Gasteiger partial charge >= 0.3 is 5.97 Å². The number of carbonyl (C=O) groups excluding carboxylic acids is 2. The van der Waals surface area contributed by atoms with Gasteiger partial charge in [0, 0.05) is 5.56 Å². The standard InChI is InChI=1S/C24H23NO4S/c1-4-16-10-12-17(13-11-16)14-19-21(26)20(24(28)29-5-2)23(30-19)25-22(27)18-9-7-6-8-15(18)3/h6-14,26H,4-5H2,1-3H3/b19-14-,25-23?. The number of esters is 1. The molecule has 3 rings (SSSR count). The molecule has 2 aromatic rings. The zero-order valence-corrected chi connectivity index (χ0v) is 18.0. The molecule has 1 N–H and O–H groups in total. The van der Waals surface area contributed by atoms with Gasteiger partial charge in [-0.25, -0.2) is 9.79 Å². The monoisotopic (exact) mass is 421 g/mol. The molecule has 30 heavy (non-hydrogen) atoms. The predicted octanol–water partition coefficient (Wildman–Crippen LogP) is 5.26. The van der Waals surface area contributed by atoms with E-state index in [0.29, 0.717) is 10.5 Å². The van der Waals surface area contributed by atoms with Gasteiger partial charge in [-0.2, -0.15) is 0 Å². The van der Waals surface area contributed by atoms with E-state index in [1.165, 1.54) is 5.56 Å². The number of aliphatic hydroxyl groups excluding tert-OH is 1. The zero-order chi connectivity index (χ0) is 21.7. The maximum Gasteiger partial charge on any atom is 0.344 e. The van der Waals surface area contributed by atoms with Gasteiger partial charge in [-0.15, -0.1) is 0 Å². The summed E-state index contributed by atoms with van der Waals surface area (Å²) in [5, 5.41) is 10.8. The number of thioether (sulfide) groups is 1. The SMILES string of the molecule is CCOC(=O)C1=C(O)/C(=C/c2ccc(CC)cc2)SC1=NC(=O)c1ccccc1C. The van der Waals surface area contributed by atoms with Crippen LogP contribution in [0.25, 0.3) is 6.08 Å². The number of aliphatic hydroxyl groups is 1. The first-order chi connectivity index (χ1) is 14.4. The first kappa shape index (κ1) is 21.6. The quantitative estimate of drug-likeness (QED) is 0.667. The van der Waals surface area contributed by atoms with E-state index in [1.807, 2.05) is 43.3 Å². The fourth-order valence-corrected chi connectivity index (χ4v) is 3.97. The molecule has 0 aliphatic carbocycles. The Bertz CT molecular complexity index is 1060. The van der Waals surface area contributed by atoms with Gasteiger partial charge in [-0.05, 0) is 49.1 Å². The van der Waals surface area contributed by atoms with Crippen molar-refractivity contribution in [3.8, 4) is 0 Å². The van der Waals surface area contributed by atoms with Crippen molar-refractivity contribution in [1.82, 2.24) is 0 Å². The van der Waals surface area contributed by atoms with E-state index in [9.17, 15) is 14.7 Å². The Morgan fingerprint density at radius 1 is 1.10 bits per heavy atom. The van der Waals surface area contributed by atoms with Gasteiger partial charge in [0.2, 0.25) is 0 Å². The van der Waals surface area contributed by atoms with E-state index in [2.05, 4.69) is 11.9 Å². The van der Waals surface area contributed by atoms with Gasteiger partial charge < -0.3 is 9.84 Å². The normalized spacial score (nSPS) is 16.4. The molecule has 5 nitrogen and oxygen atoms in total. The summed E-state index contributed by atoms with van der Waals surface area (Å²) in [6.07, 6.45) is 2.70. The van der Waals surface area contributed by atoms with E-state index >= 15 is 0 Å². The Morgan fingerprint density at radius 3 is 2.43 bits per heavy atom. The fraction of sp³-hybridized carbons (Fsp3) is 0.208. The highest BCUT2D eigenvalue weighted by Gasteiger charge is 2.34. The molecule has 0 radical (unpaired) electrons. The molecular weight excluding hydrogens is 398 g/mol. The molecular formula is C24H23NO4S. The molecule has 0 aromatic heterocycles. The minimum absolute atomic E-state index is 0.0831. The van der Waals surface area contributed by atoms with Gasteiger partial charge in [0.25, 0.3) is 5.91 Å². The molecule has 1 aliphatic heterocycles. The van der Waals surface area contributed by atoms with E-state index < -0.39 is 11.9 Å². The van der Waals surface area contributed by atoms with Crippen molar-refractivity contribution in [1.29, 1.82) is 0 Å². The van der Waals surface area contributed by atoms with E-state index in [0.717, 1.165) is 29.3 Å². The lowest BCUT2D eigenvalue weighted by Gasteiger charge is -2.04. The van der Waals surface area contributed by atoms with Crippen molar-refractivity contribution >= 4 is 34.8 Å². The van der Waals surface area contributed by atoms with Crippen LogP contribution in [0.3, 0.4) is 0 Å². The molecule has 0 fully saturated rings. The Labute approximate surface area is 180 Å². The summed E-state index contributed by atoms with van der Waals surface area (Å²) in [7, 11) is 0. The number of aliphatic imine (C=N–C) groups is 1. The third-order valence-corrected chi connectivity index (χ3v) is 5.65. The molecule has 6 heteroatoms. The van der Waals surface area contributed by atoms with Crippen LogP contribution in [0.5, 0.6) is 0 Å². The Hall–Kier alpha value is -3.12. The van der Waals surface area contributed by atoms with Crippen LogP contribution in [0.2, 0.25) is 0 Å². The van der Waals surface area contributed by atoms with Gasteiger partial charge in [0.05, 0.1) is 11.5 Å². The van der Waals surface area contributed by atoms with Crippen molar-refractivity contribution < 1.29 is 19.4 Å². The number of rotatable bonds is 5. The second kappa shape index (κ2) is 9.59. The van der Waals surface area contributed by atoms with Crippen LogP contribution in [0.1, 0.15) is 40.9 Å². The molecule has 0 unspecified atom stereocenters. The van der Waals surface area contributed by atoms with Crippen molar-refractivity contribution in [2.75, 3.05) is 6.61 Å². The maximum absolute atomic E-state index is 12.7. The lowest BCUT2D eigenvalue weighted by Crippen LogP contribution is -2.14. The van der Waals surface area contributed by atoms with Crippen molar-refractivity contribution in [3.05, 3.63) is 87.0 Å². The molecule has 0 bridgehead atoms. The van der Waals surface area contributed by atoms with Gasteiger partial charge in [0.15, 0.2) is 0 Å². The summed E-state index contributed by atoms with van der Waals surface area (Å²) in [6.45, 7) is 5.73. The Kier molecular flexibility index (Phi) is 6.90. The number of ether oxygens (including phenoxy) is 1. The molecule has 1 aliphatic rings. The fourth-order valence-electron chi connectivity index (χ4n) is 2.96. The topological polar surface area (TPSA) is 76.0 Å². The number of nitrogens with zero attached hydrogens (tertiary/aromatic N) is 1. The highest BCUT2D eigenvalue weighted by molar-refractivity contribution is 8.18. The first-order valence-corrected chi connectivity index (χ1v) is 10.5. The smallest absolute Gasteiger partial charge is 0.344 e. The van der Waals surface area contributed by atoms with Gasteiger partial charge in [-0.3, -0.25) is 4.79 Å².